The zero-order chi connectivity index (χ0) is 13.0. The molecule has 0 aromatic carbocycles. The Kier molecular flexibility index (Phi) is 5.37. The molecule has 0 bridgehead atoms. The molecule has 0 unspecified atom stereocenters. The van der Waals surface area contributed by atoms with E-state index >= 15 is 0 Å². The number of nitrogens with one attached hydrogen (secondary N) is 2. The SMILES string of the molecule is CCC[C@@H](NS(=O)(=O)NC(C)(C)C)C(=O)O. The molecule has 0 heterocycles. The van der Waals surface area contributed by atoms with E-state index in [0.717, 1.165) is 0 Å². The number of carboxylic acid groups (broad SMARTS) is 1. The molecule has 0 saturated heterocycles. The topological polar surface area (TPSA) is 95.5 Å². The van der Waals surface area contributed by atoms with E-state index in [1.54, 1.807) is 27.7 Å². The van der Waals surface area contributed by atoms with E-state index in [9.17, 15) is 13.2 Å². The number of carbonyl (C=O) groups is 1. The van der Waals surface area contributed by atoms with Gasteiger partial charge in [-0.3, -0.25) is 4.79 Å². The monoisotopic (exact) mass is 252 g/mol. The highest BCUT2D eigenvalue weighted by Gasteiger charge is 2.26. The predicted molar refractivity (Wildman–Crippen MR) is 61.3 cm³/mol. The van der Waals surface area contributed by atoms with Crippen molar-refractivity contribution in [2.24, 2.45) is 0 Å². The third-order valence-electron chi connectivity index (χ3n) is 1.61. The van der Waals surface area contributed by atoms with E-state index in [1.807, 2.05) is 0 Å². The molecule has 96 valence electrons. The summed E-state index contributed by atoms with van der Waals surface area (Å²) in [5, 5.41) is 8.81. The van der Waals surface area contributed by atoms with E-state index in [2.05, 4.69) is 9.44 Å². The van der Waals surface area contributed by atoms with Crippen LogP contribution < -0.4 is 9.44 Å². The molecule has 0 saturated carbocycles. The minimum Gasteiger partial charge on any atom is -0.480 e. The van der Waals surface area contributed by atoms with Gasteiger partial charge < -0.3 is 5.11 Å². The Morgan fingerprint density at radius 2 is 1.88 bits per heavy atom. The molecule has 3 N–H and O–H groups in total. The van der Waals surface area contributed by atoms with E-state index in [0.29, 0.717) is 6.42 Å². The second-order valence-electron chi connectivity index (χ2n) is 4.65. The zero-order valence-electron chi connectivity index (χ0n) is 10.1. The van der Waals surface area contributed by atoms with Gasteiger partial charge in [-0.15, -0.1) is 0 Å². The van der Waals surface area contributed by atoms with Crippen LogP contribution in [-0.2, 0) is 15.0 Å². The van der Waals surface area contributed by atoms with Crippen molar-refractivity contribution in [3.8, 4) is 0 Å². The Bertz CT molecular complexity index is 332. The van der Waals surface area contributed by atoms with E-state index in [-0.39, 0.29) is 6.42 Å². The van der Waals surface area contributed by atoms with Crippen LogP contribution in [0.4, 0.5) is 0 Å². The average Bonchev–Trinajstić information content (AvgIpc) is 1.97. The highest BCUT2D eigenvalue weighted by Crippen LogP contribution is 2.03. The molecule has 0 fully saturated rings. The van der Waals surface area contributed by atoms with Gasteiger partial charge in [0.15, 0.2) is 0 Å². The van der Waals surface area contributed by atoms with Gasteiger partial charge in [-0.1, -0.05) is 13.3 Å². The lowest BCUT2D eigenvalue weighted by Crippen LogP contribution is -2.51. The minimum absolute atomic E-state index is 0.264. The van der Waals surface area contributed by atoms with Crippen LogP contribution >= 0.6 is 0 Å². The Morgan fingerprint density at radius 1 is 1.38 bits per heavy atom. The molecule has 0 rings (SSSR count). The van der Waals surface area contributed by atoms with Crippen molar-refractivity contribution in [1.82, 2.24) is 9.44 Å². The van der Waals surface area contributed by atoms with Crippen LogP contribution in [-0.4, -0.2) is 31.1 Å². The number of hydrogen-bond acceptors (Lipinski definition) is 3. The lowest BCUT2D eigenvalue weighted by Gasteiger charge is -2.22. The summed E-state index contributed by atoms with van der Waals surface area (Å²) in [6.07, 6.45) is 0.857. The minimum atomic E-state index is -3.79. The van der Waals surface area contributed by atoms with Gasteiger partial charge >= 0.3 is 5.97 Å². The summed E-state index contributed by atoms with van der Waals surface area (Å²) in [4.78, 5) is 10.8. The fraction of sp³-hybridized carbons (Fsp3) is 0.889. The first-order valence-corrected chi connectivity index (χ1v) is 6.60. The second-order valence-corrected chi connectivity index (χ2v) is 6.10. The van der Waals surface area contributed by atoms with Crippen molar-refractivity contribution >= 4 is 16.2 Å². The van der Waals surface area contributed by atoms with Crippen LogP contribution in [0.1, 0.15) is 40.5 Å². The molecule has 1 atom stereocenters. The van der Waals surface area contributed by atoms with Crippen molar-refractivity contribution in [2.45, 2.75) is 52.1 Å². The van der Waals surface area contributed by atoms with Crippen molar-refractivity contribution < 1.29 is 18.3 Å². The van der Waals surface area contributed by atoms with Gasteiger partial charge in [0.1, 0.15) is 6.04 Å². The molecular formula is C9H20N2O4S. The molecule has 0 amide bonds. The van der Waals surface area contributed by atoms with Crippen LogP contribution in [0.25, 0.3) is 0 Å². The third-order valence-corrected chi connectivity index (χ3v) is 3.09. The van der Waals surface area contributed by atoms with E-state index < -0.39 is 27.8 Å². The summed E-state index contributed by atoms with van der Waals surface area (Å²) in [5.74, 6) is -1.17. The summed E-state index contributed by atoms with van der Waals surface area (Å²) in [6.45, 7) is 6.84. The highest BCUT2D eigenvalue weighted by molar-refractivity contribution is 7.87. The molecular weight excluding hydrogens is 232 g/mol. The molecule has 0 spiro atoms. The zero-order valence-corrected chi connectivity index (χ0v) is 10.9. The first-order chi connectivity index (χ1) is 7.07. The predicted octanol–water partition coefficient (Wildman–Crippen LogP) is 0.462. The fourth-order valence-electron chi connectivity index (χ4n) is 1.14. The fourth-order valence-corrected chi connectivity index (χ4v) is 2.60. The lowest BCUT2D eigenvalue weighted by atomic mass is 10.1. The van der Waals surface area contributed by atoms with Crippen molar-refractivity contribution in [2.75, 3.05) is 0 Å². The molecule has 0 aliphatic rings. The number of carboxylic acids is 1. The lowest BCUT2D eigenvalue weighted by molar-refractivity contribution is -0.139. The van der Waals surface area contributed by atoms with Crippen LogP contribution in [0.5, 0.6) is 0 Å². The molecule has 0 aliphatic carbocycles. The van der Waals surface area contributed by atoms with Gasteiger partial charge in [0.2, 0.25) is 0 Å². The van der Waals surface area contributed by atoms with E-state index in [4.69, 9.17) is 5.11 Å². The van der Waals surface area contributed by atoms with Crippen LogP contribution in [0, 0.1) is 0 Å². The molecule has 6 nitrogen and oxygen atoms in total. The van der Waals surface area contributed by atoms with Crippen molar-refractivity contribution in [3.05, 3.63) is 0 Å². The summed E-state index contributed by atoms with van der Waals surface area (Å²) in [7, 11) is -3.79. The van der Waals surface area contributed by atoms with Gasteiger partial charge in [0.25, 0.3) is 10.2 Å². The van der Waals surface area contributed by atoms with Gasteiger partial charge in [-0.2, -0.15) is 17.9 Å². The second kappa shape index (κ2) is 5.60. The Morgan fingerprint density at radius 3 is 2.19 bits per heavy atom. The first-order valence-electron chi connectivity index (χ1n) is 5.11. The standard InChI is InChI=1S/C9H20N2O4S/c1-5-6-7(8(12)13)10-16(14,15)11-9(2,3)4/h7,10-11H,5-6H2,1-4H3,(H,12,13)/t7-/m1/s1. The van der Waals surface area contributed by atoms with Crippen molar-refractivity contribution in [1.29, 1.82) is 0 Å². The number of hydrogen-bond donors (Lipinski definition) is 3. The first kappa shape index (κ1) is 15.3. The highest BCUT2D eigenvalue weighted by atomic mass is 32.2. The maximum absolute atomic E-state index is 11.6. The van der Waals surface area contributed by atoms with Gasteiger partial charge in [-0.25, -0.2) is 0 Å². The quantitative estimate of drug-likeness (QED) is 0.640. The van der Waals surface area contributed by atoms with Gasteiger partial charge in [0, 0.05) is 5.54 Å². The molecule has 0 aromatic rings. The third kappa shape index (κ3) is 6.76. The van der Waals surface area contributed by atoms with Gasteiger partial charge in [0.05, 0.1) is 0 Å². The van der Waals surface area contributed by atoms with E-state index in [1.165, 1.54) is 0 Å². The molecule has 0 radical (unpaired) electrons. The van der Waals surface area contributed by atoms with Crippen LogP contribution in [0.3, 0.4) is 0 Å². The summed E-state index contributed by atoms with van der Waals surface area (Å²) in [6, 6.07) is -1.08. The maximum Gasteiger partial charge on any atom is 0.321 e. The van der Waals surface area contributed by atoms with Gasteiger partial charge in [-0.05, 0) is 27.2 Å². The molecule has 16 heavy (non-hydrogen) atoms. The summed E-state index contributed by atoms with van der Waals surface area (Å²) >= 11 is 0. The summed E-state index contributed by atoms with van der Waals surface area (Å²) in [5.41, 5.74) is -0.638. The molecule has 7 heteroatoms. The average molecular weight is 252 g/mol. The largest absolute Gasteiger partial charge is 0.480 e. The number of aliphatic carboxylic acids is 1. The van der Waals surface area contributed by atoms with Crippen molar-refractivity contribution in [3.63, 3.8) is 0 Å². The number of rotatable bonds is 6. The van der Waals surface area contributed by atoms with Crippen LogP contribution in [0.15, 0.2) is 0 Å². The summed E-state index contributed by atoms with van der Waals surface area (Å²) < 4.78 is 27.5. The van der Waals surface area contributed by atoms with Crippen LogP contribution in [0.2, 0.25) is 0 Å². The smallest absolute Gasteiger partial charge is 0.321 e. The normalized spacial score (nSPS) is 14.8. The Labute approximate surface area is 96.6 Å². The molecule has 0 aliphatic heterocycles. The maximum atomic E-state index is 11.6. The Balaban J connectivity index is 4.61. The molecule has 0 aromatic heterocycles. The Hall–Kier alpha value is -0.660.